The minimum Gasteiger partial charge on any atom is -0.462 e. The minimum absolute atomic E-state index is 0.125. The van der Waals surface area contributed by atoms with E-state index in [4.69, 9.17) is 4.74 Å². The van der Waals surface area contributed by atoms with Crippen LogP contribution in [0.25, 0.3) is 0 Å². The number of nitrogens with one attached hydrogen (secondary N) is 2. The van der Waals surface area contributed by atoms with Gasteiger partial charge in [0.25, 0.3) is 0 Å². The van der Waals surface area contributed by atoms with E-state index in [1.807, 2.05) is 30.3 Å². The molecule has 144 valence electrons. The van der Waals surface area contributed by atoms with Gasteiger partial charge in [0, 0.05) is 6.42 Å². The van der Waals surface area contributed by atoms with Crippen LogP contribution in [0.3, 0.4) is 0 Å². The van der Waals surface area contributed by atoms with Crippen molar-refractivity contribution in [2.24, 2.45) is 0 Å². The maximum absolute atomic E-state index is 12.3. The number of aromatic amines is 1. The molecule has 0 saturated carbocycles. The first kappa shape index (κ1) is 19.6. The summed E-state index contributed by atoms with van der Waals surface area (Å²) in [5, 5.41) is 10.3. The highest BCUT2D eigenvalue weighted by atomic mass is 32.2. The van der Waals surface area contributed by atoms with Crippen LogP contribution >= 0.6 is 11.8 Å². The van der Waals surface area contributed by atoms with Gasteiger partial charge in [-0.15, -0.1) is 5.10 Å². The van der Waals surface area contributed by atoms with Gasteiger partial charge in [-0.3, -0.25) is 9.89 Å². The Balaban J connectivity index is 1.55. The molecule has 0 saturated heterocycles. The Morgan fingerprint density at radius 3 is 2.64 bits per heavy atom. The van der Waals surface area contributed by atoms with Gasteiger partial charge >= 0.3 is 5.97 Å². The minimum atomic E-state index is -0.467. The van der Waals surface area contributed by atoms with Crippen molar-refractivity contribution in [2.75, 3.05) is 17.7 Å². The molecule has 1 amide bonds. The second-order valence-corrected chi connectivity index (χ2v) is 6.77. The van der Waals surface area contributed by atoms with Crippen LogP contribution in [0.1, 0.15) is 28.7 Å². The molecule has 0 aliphatic rings. The van der Waals surface area contributed by atoms with E-state index in [0.29, 0.717) is 22.8 Å². The van der Waals surface area contributed by atoms with Crippen LogP contribution in [0.4, 0.5) is 5.69 Å². The van der Waals surface area contributed by atoms with Crippen LogP contribution in [0.15, 0.2) is 59.8 Å². The van der Waals surface area contributed by atoms with Gasteiger partial charge in [0.05, 0.1) is 23.6 Å². The first-order valence-corrected chi connectivity index (χ1v) is 9.78. The lowest BCUT2D eigenvalue weighted by Crippen LogP contribution is -2.17. The molecule has 0 aliphatic carbocycles. The molecule has 0 spiro atoms. The summed E-state index contributed by atoms with van der Waals surface area (Å²) in [6, 6.07) is 16.7. The number of esters is 1. The first-order valence-electron chi connectivity index (χ1n) is 8.79. The highest BCUT2D eigenvalue weighted by Gasteiger charge is 2.14. The Bertz CT molecular complexity index is 943. The summed E-state index contributed by atoms with van der Waals surface area (Å²) in [5.74, 6) is 0.142. The topological polar surface area (TPSA) is 97.0 Å². The number of para-hydroxylation sites is 1. The Hall–Kier alpha value is -3.13. The molecule has 2 N–H and O–H groups in total. The van der Waals surface area contributed by atoms with Gasteiger partial charge < -0.3 is 10.1 Å². The summed E-state index contributed by atoms with van der Waals surface area (Å²) < 4.78 is 5.01. The molecular formula is C20H20N4O3S. The molecule has 0 radical (unpaired) electrons. The van der Waals surface area contributed by atoms with Crippen molar-refractivity contribution in [3.63, 3.8) is 0 Å². The summed E-state index contributed by atoms with van der Waals surface area (Å²) in [6.07, 6.45) is 0.646. The lowest BCUT2D eigenvalue weighted by atomic mass is 10.1. The summed E-state index contributed by atoms with van der Waals surface area (Å²) in [4.78, 5) is 28.6. The van der Waals surface area contributed by atoms with Crippen LogP contribution < -0.4 is 5.32 Å². The van der Waals surface area contributed by atoms with Crippen LogP contribution in [0, 0.1) is 0 Å². The molecule has 1 aromatic heterocycles. The fourth-order valence-electron chi connectivity index (χ4n) is 2.51. The van der Waals surface area contributed by atoms with Gasteiger partial charge in [-0.2, -0.15) is 0 Å². The van der Waals surface area contributed by atoms with E-state index in [1.54, 1.807) is 31.2 Å². The zero-order valence-electron chi connectivity index (χ0n) is 15.3. The number of amides is 1. The van der Waals surface area contributed by atoms with E-state index in [2.05, 4.69) is 20.5 Å². The number of anilines is 1. The summed E-state index contributed by atoms with van der Waals surface area (Å²) in [5.41, 5.74) is 1.88. The third-order valence-corrected chi connectivity index (χ3v) is 4.60. The first-order chi connectivity index (χ1) is 13.7. The zero-order chi connectivity index (χ0) is 19.8. The van der Waals surface area contributed by atoms with Crippen LogP contribution in [0.2, 0.25) is 0 Å². The Labute approximate surface area is 166 Å². The fourth-order valence-corrected chi connectivity index (χ4v) is 3.12. The SMILES string of the molecule is CCOC(=O)c1ccccc1NC(=O)CSc1n[nH]c(Cc2ccccc2)n1. The van der Waals surface area contributed by atoms with Crippen molar-refractivity contribution >= 4 is 29.3 Å². The Morgan fingerprint density at radius 2 is 1.86 bits per heavy atom. The number of benzene rings is 2. The van der Waals surface area contributed by atoms with Crippen molar-refractivity contribution in [1.82, 2.24) is 15.2 Å². The molecule has 2 aromatic carbocycles. The van der Waals surface area contributed by atoms with Gasteiger partial charge in [-0.1, -0.05) is 54.2 Å². The van der Waals surface area contributed by atoms with Gasteiger partial charge in [0.15, 0.2) is 0 Å². The molecule has 7 nitrogen and oxygen atoms in total. The average Bonchev–Trinajstić information content (AvgIpc) is 3.15. The molecule has 0 fully saturated rings. The average molecular weight is 396 g/mol. The van der Waals surface area contributed by atoms with E-state index in [1.165, 1.54) is 11.8 Å². The second kappa shape index (κ2) is 9.70. The van der Waals surface area contributed by atoms with Gasteiger partial charge in [0.1, 0.15) is 5.82 Å². The number of carbonyl (C=O) groups is 2. The van der Waals surface area contributed by atoms with Crippen molar-refractivity contribution in [3.8, 4) is 0 Å². The lowest BCUT2D eigenvalue weighted by Gasteiger charge is -2.09. The summed E-state index contributed by atoms with van der Waals surface area (Å²) in [6.45, 7) is 2.01. The molecule has 1 heterocycles. The molecule has 0 atom stereocenters. The number of H-pyrrole nitrogens is 1. The normalized spacial score (nSPS) is 10.5. The van der Waals surface area contributed by atoms with E-state index >= 15 is 0 Å². The molecule has 0 aliphatic heterocycles. The van der Waals surface area contributed by atoms with E-state index in [9.17, 15) is 9.59 Å². The summed E-state index contributed by atoms with van der Waals surface area (Å²) in [7, 11) is 0. The van der Waals surface area contributed by atoms with E-state index < -0.39 is 5.97 Å². The van der Waals surface area contributed by atoms with Crippen molar-refractivity contribution in [2.45, 2.75) is 18.5 Å². The fraction of sp³-hybridized carbons (Fsp3) is 0.200. The number of rotatable bonds is 8. The summed E-state index contributed by atoms with van der Waals surface area (Å²) >= 11 is 1.22. The number of nitrogens with zero attached hydrogens (tertiary/aromatic N) is 2. The molecule has 3 aromatic rings. The van der Waals surface area contributed by atoms with Gasteiger partial charge in [-0.05, 0) is 24.6 Å². The van der Waals surface area contributed by atoms with Gasteiger partial charge in [-0.25, -0.2) is 9.78 Å². The van der Waals surface area contributed by atoms with E-state index in [-0.39, 0.29) is 18.3 Å². The molecule has 8 heteroatoms. The molecular weight excluding hydrogens is 376 g/mol. The third kappa shape index (κ3) is 5.43. The van der Waals surface area contributed by atoms with Crippen LogP contribution in [-0.2, 0) is 16.0 Å². The monoisotopic (exact) mass is 396 g/mol. The number of hydrogen-bond donors (Lipinski definition) is 2. The van der Waals surface area contributed by atoms with Crippen LogP contribution in [-0.4, -0.2) is 39.4 Å². The number of ether oxygens (including phenoxy) is 1. The Kier molecular flexibility index (Phi) is 6.80. The quantitative estimate of drug-likeness (QED) is 0.448. The highest BCUT2D eigenvalue weighted by Crippen LogP contribution is 2.18. The smallest absolute Gasteiger partial charge is 0.340 e. The van der Waals surface area contributed by atoms with Crippen molar-refractivity contribution < 1.29 is 14.3 Å². The molecule has 0 unspecified atom stereocenters. The predicted molar refractivity (Wildman–Crippen MR) is 107 cm³/mol. The maximum atomic E-state index is 12.3. The molecule has 28 heavy (non-hydrogen) atoms. The van der Waals surface area contributed by atoms with Gasteiger partial charge in [0.2, 0.25) is 11.1 Å². The standard InChI is InChI=1S/C20H20N4O3S/c1-2-27-19(26)15-10-6-7-11-16(15)21-18(25)13-28-20-22-17(23-24-20)12-14-8-4-3-5-9-14/h3-11H,2,12-13H2,1H3,(H,21,25)(H,22,23,24). The number of thioether (sulfide) groups is 1. The van der Waals surface area contributed by atoms with Crippen molar-refractivity contribution in [3.05, 3.63) is 71.5 Å². The predicted octanol–water partition coefficient (Wildman–Crippen LogP) is 3.30. The number of carbonyl (C=O) groups excluding carboxylic acids is 2. The largest absolute Gasteiger partial charge is 0.462 e. The number of hydrogen-bond acceptors (Lipinski definition) is 6. The molecule has 0 bridgehead atoms. The third-order valence-electron chi connectivity index (χ3n) is 3.75. The maximum Gasteiger partial charge on any atom is 0.340 e. The Morgan fingerprint density at radius 1 is 1.11 bits per heavy atom. The van der Waals surface area contributed by atoms with E-state index in [0.717, 1.165) is 11.4 Å². The van der Waals surface area contributed by atoms with Crippen LogP contribution in [0.5, 0.6) is 0 Å². The lowest BCUT2D eigenvalue weighted by molar-refractivity contribution is -0.113. The van der Waals surface area contributed by atoms with Crippen molar-refractivity contribution in [1.29, 1.82) is 0 Å². The number of aromatic nitrogens is 3. The molecule has 3 rings (SSSR count). The second-order valence-electron chi connectivity index (χ2n) is 5.83. The highest BCUT2D eigenvalue weighted by molar-refractivity contribution is 7.99. The zero-order valence-corrected chi connectivity index (χ0v) is 16.2.